The summed E-state index contributed by atoms with van der Waals surface area (Å²) in [6.07, 6.45) is 9.36. The van der Waals surface area contributed by atoms with E-state index in [0.717, 1.165) is 6.42 Å². The fraction of sp³-hybridized carbons (Fsp3) is 0.765. The molecule has 0 aliphatic carbocycles. The van der Waals surface area contributed by atoms with Gasteiger partial charge in [0.2, 0.25) is 0 Å². The third-order valence-corrected chi connectivity index (χ3v) is 0.675. The zero-order valence-corrected chi connectivity index (χ0v) is 11.0. The molecule has 0 fully saturated rings. The van der Waals surface area contributed by atoms with Crippen molar-refractivity contribution in [1.29, 1.82) is 0 Å². The fourth-order valence-corrected chi connectivity index (χ4v) is 0.326. The predicted molar refractivity (Wildman–Crippen MR) is 95.2 cm³/mol. The van der Waals surface area contributed by atoms with E-state index in [1.54, 1.807) is 0 Å². The quantitative estimate of drug-likeness (QED) is 0.434. The van der Waals surface area contributed by atoms with E-state index < -0.39 is 0 Å². The molecule has 0 heteroatoms. The summed E-state index contributed by atoms with van der Waals surface area (Å²) >= 11 is 0. The van der Waals surface area contributed by atoms with E-state index in [9.17, 15) is 0 Å². The maximum atomic E-state index is 2.12. The minimum atomic E-state index is 0. The standard InChI is InChI=1S/C7H12.3C2H6.4CH4/c1-3-5-7-6-4-2;3*1-2;;;;/h3,5-7H,4H2,1-2H3;3*1-2H3;4*1H4/b5-3-,7-6-;;;;;;;. The third-order valence-electron chi connectivity index (χ3n) is 0.675. The van der Waals surface area contributed by atoms with Gasteiger partial charge in [-0.2, -0.15) is 0 Å². The summed E-state index contributed by atoms with van der Waals surface area (Å²) in [5.41, 5.74) is 0. The minimum absolute atomic E-state index is 0. The van der Waals surface area contributed by atoms with E-state index >= 15 is 0 Å². The van der Waals surface area contributed by atoms with Gasteiger partial charge in [-0.3, -0.25) is 0 Å². The van der Waals surface area contributed by atoms with Crippen molar-refractivity contribution < 1.29 is 0 Å². The lowest BCUT2D eigenvalue weighted by atomic mass is 10.4. The van der Waals surface area contributed by atoms with Gasteiger partial charge in [0.1, 0.15) is 0 Å². The number of rotatable bonds is 2. The molecule has 0 N–H and O–H groups in total. The second-order valence-corrected chi connectivity index (χ2v) is 1.36. The molecule has 0 nitrogen and oxygen atoms in total. The van der Waals surface area contributed by atoms with Crippen LogP contribution in [0.2, 0.25) is 0 Å². The Bertz CT molecular complexity index is 68.1. The molecule has 0 amide bonds. The van der Waals surface area contributed by atoms with Crippen LogP contribution < -0.4 is 0 Å². The van der Waals surface area contributed by atoms with E-state index in [4.69, 9.17) is 0 Å². The van der Waals surface area contributed by atoms with E-state index in [-0.39, 0.29) is 29.7 Å². The monoisotopic (exact) mass is 250 g/mol. The summed E-state index contributed by atoms with van der Waals surface area (Å²) < 4.78 is 0. The van der Waals surface area contributed by atoms with E-state index in [2.05, 4.69) is 19.1 Å². The topological polar surface area (TPSA) is 0 Å². The molecule has 0 aromatic heterocycles. The molecule has 0 saturated heterocycles. The number of hydrogen-bond donors (Lipinski definition) is 0. The summed E-state index contributed by atoms with van der Waals surface area (Å²) in [6, 6.07) is 0. The lowest BCUT2D eigenvalue weighted by Gasteiger charge is -1.70. The first-order valence-electron chi connectivity index (χ1n) is 5.69. The van der Waals surface area contributed by atoms with Crippen LogP contribution in [-0.4, -0.2) is 0 Å². The highest BCUT2D eigenvalue weighted by Crippen LogP contribution is 1.79. The third kappa shape index (κ3) is 232. The van der Waals surface area contributed by atoms with Gasteiger partial charge in [-0.15, -0.1) is 0 Å². The molecule has 0 unspecified atom stereocenters. The molecular formula is C17H46. The van der Waals surface area contributed by atoms with Gasteiger partial charge < -0.3 is 0 Å². The van der Waals surface area contributed by atoms with Crippen LogP contribution in [-0.2, 0) is 0 Å². The Hall–Kier alpha value is -0.520. The first-order valence-corrected chi connectivity index (χ1v) is 5.69. The van der Waals surface area contributed by atoms with Crippen molar-refractivity contribution in [3.05, 3.63) is 24.3 Å². The highest BCUT2D eigenvalue weighted by atomic mass is 13.6. The van der Waals surface area contributed by atoms with E-state index in [1.165, 1.54) is 0 Å². The van der Waals surface area contributed by atoms with Crippen molar-refractivity contribution in [3.8, 4) is 0 Å². The second-order valence-electron chi connectivity index (χ2n) is 1.36. The fourth-order valence-electron chi connectivity index (χ4n) is 0.326. The van der Waals surface area contributed by atoms with Gasteiger partial charge in [-0.05, 0) is 13.3 Å². The van der Waals surface area contributed by atoms with Crippen LogP contribution >= 0.6 is 0 Å². The predicted octanol–water partition coefficient (Wildman–Crippen LogP) is 8.15. The molecule has 0 bridgehead atoms. The van der Waals surface area contributed by atoms with Gasteiger partial charge in [-0.1, -0.05) is 102 Å². The van der Waals surface area contributed by atoms with Crippen molar-refractivity contribution >= 4 is 0 Å². The van der Waals surface area contributed by atoms with Crippen LogP contribution in [0.3, 0.4) is 0 Å². The van der Waals surface area contributed by atoms with Gasteiger partial charge in [0, 0.05) is 0 Å². The summed E-state index contributed by atoms with van der Waals surface area (Å²) in [7, 11) is 0. The molecular weight excluding hydrogens is 204 g/mol. The zero-order chi connectivity index (χ0) is 11.5. The summed E-state index contributed by atoms with van der Waals surface area (Å²) in [5, 5.41) is 0. The van der Waals surface area contributed by atoms with Crippen molar-refractivity contribution in [2.24, 2.45) is 0 Å². The lowest BCUT2D eigenvalue weighted by Crippen LogP contribution is -1.48. The van der Waals surface area contributed by atoms with Crippen molar-refractivity contribution in [1.82, 2.24) is 0 Å². The average molecular weight is 251 g/mol. The van der Waals surface area contributed by atoms with Crippen LogP contribution in [0.5, 0.6) is 0 Å². The van der Waals surface area contributed by atoms with Gasteiger partial charge in [0.15, 0.2) is 0 Å². The van der Waals surface area contributed by atoms with Crippen LogP contribution in [0.15, 0.2) is 24.3 Å². The molecule has 0 saturated carbocycles. The lowest BCUT2D eigenvalue weighted by molar-refractivity contribution is 1.22. The summed E-state index contributed by atoms with van der Waals surface area (Å²) in [5.74, 6) is 0. The maximum absolute atomic E-state index is 2.12. The number of hydrogen-bond acceptors (Lipinski definition) is 0. The van der Waals surface area contributed by atoms with Gasteiger partial charge in [0.25, 0.3) is 0 Å². The Morgan fingerprint density at radius 2 is 0.941 bits per heavy atom. The molecule has 0 aliphatic heterocycles. The Morgan fingerprint density at radius 1 is 0.647 bits per heavy atom. The number of allylic oxidation sites excluding steroid dienone is 4. The van der Waals surface area contributed by atoms with Gasteiger partial charge in [0.05, 0.1) is 0 Å². The highest BCUT2D eigenvalue weighted by Gasteiger charge is 1.57. The van der Waals surface area contributed by atoms with Crippen molar-refractivity contribution in [3.63, 3.8) is 0 Å². The van der Waals surface area contributed by atoms with E-state index in [1.807, 2.05) is 60.6 Å². The highest BCUT2D eigenvalue weighted by molar-refractivity contribution is 5.00. The molecule has 0 rings (SSSR count). The van der Waals surface area contributed by atoms with Gasteiger partial charge in [-0.25, -0.2) is 0 Å². The first kappa shape index (κ1) is 54.9. The Balaban J connectivity index is -0.0000000120. The first-order chi connectivity index (χ1) is 6.41. The minimum Gasteiger partial charge on any atom is -0.0877 e. The molecule has 17 heavy (non-hydrogen) atoms. The normalized spacial score (nSPS) is 5.88. The Labute approximate surface area is 116 Å². The maximum Gasteiger partial charge on any atom is -0.0376 e. The molecule has 0 aromatic carbocycles. The Kier molecular flexibility index (Phi) is 522. The molecule has 0 radical (unpaired) electrons. The Morgan fingerprint density at radius 3 is 1.12 bits per heavy atom. The summed E-state index contributed by atoms with van der Waals surface area (Å²) in [4.78, 5) is 0. The molecule has 0 aromatic rings. The molecule has 0 aliphatic rings. The van der Waals surface area contributed by atoms with Crippen molar-refractivity contribution in [2.45, 2.75) is 91.5 Å². The van der Waals surface area contributed by atoms with Crippen LogP contribution in [0, 0.1) is 0 Å². The van der Waals surface area contributed by atoms with Crippen molar-refractivity contribution in [2.75, 3.05) is 0 Å². The van der Waals surface area contributed by atoms with Crippen LogP contribution in [0.1, 0.15) is 91.5 Å². The second kappa shape index (κ2) is 162. The van der Waals surface area contributed by atoms with Crippen LogP contribution in [0.4, 0.5) is 0 Å². The van der Waals surface area contributed by atoms with Crippen LogP contribution in [0.25, 0.3) is 0 Å². The largest absolute Gasteiger partial charge is 0.0877 e. The average Bonchev–Trinajstić information content (AvgIpc) is 2.27. The molecule has 0 atom stereocenters. The van der Waals surface area contributed by atoms with E-state index in [0.29, 0.717) is 0 Å². The summed E-state index contributed by atoms with van der Waals surface area (Å²) in [6.45, 7) is 16.1. The zero-order valence-electron chi connectivity index (χ0n) is 11.0. The van der Waals surface area contributed by atoms with Gasteiger partial charge >= 0.3 is 0 Å². The molecule has 114 valence electrons. The SMILES string of the molecule is C.C.C.C.C/C=C\C=C/CC.CC.CC.CC. The molecule has 0 heterocycles. The smallest absolute Gasteiger partial charge is 0.0376 e. The molecule has 0 spiro atoms.